The Morgan fingerprint density at radius 1 is 1.22 bits per heavy atom. The van der Waals surface area contributed by atoms with E-state index in [2.05, 4.69) is 19.2 Å². The van der Waals surface area contributed by atoms with Crippen LogP contribution in [-0.2, 0) is 14.8 Å². The van der Waals surface area contributed by atoms with Crippen LogP contribution >= 0.6 is 11.6 Å². The number of hydrogen-bond acceptors (Lipinski definition) is 4. The molecule has 2 aliphatic rings. The molecule has 1 saturated heterocycles. The molecule has 0 bridgehead atoms. The molecule has 0 radical (unpaired) electrons. The van der Waals surface area contributed by atoms with Crippen LogP contribution in [0.25, 0.3) is 0 Å². The van der Waals surface area contributed by atoms with Gasteiger partial charge in [0.05, 0.1) is 28.7 Å². The fraction of sp³-hybridized carbons (Fsp3) is 0.632. The van der Waals surface area contributed by atoms with E-state index >= 15 is 0 Å². The lowest BCUT2D eigenvalue weighted by Gasteiger charge is -2.34. The van der Waals surface area contributed by atoms with E-state index in [1.54, 1.807) is 0 Å². The number of morpholine rings is 1. The van der Waals surface area contributed by atoms with Crippen molar-refractivity contribution in [2.75, 3.05) is 26.3 Å². The number of benzene rings is 1. The number of sulfonamides is 1. The van der Waals surface area contributed by atoms with Gasteiger partial charge in [-0.25, -0.2) is 8.42 Å². The highest BCUT2D eigenvalue weighted by molar-refractivity contribution is 7.89. The molecule has 27 heavy (non-hydrogen) atoms. The molecule has 1 aliphatic carbocycles. The molecule has 6 nitrogen and oxygen atoms in total. The lowest BCUT2D eigenvalue weighted by atomic mass is 9.78. The Labute approximate surface area is 166 Å². The Hall–Kier alpha value is -1.15. The molecule has 3 atom stereocenters. The van der Waals surface area contributed by atoms with Gasteiger partial charge in [-0.05, 0) is 36.5 Å². The van der Waals surface area contributed by atoms with Crippen LogP contribution in [0.15, 0.2) is 23.1 Å². The summed E-state index contributed by atoms with van der Waals surface area (Å²) in [6.07, 6.45) is 3.18. The molecule has 8 heteroatoms. The largest absolute Gasteiger partial charge is 0.379 e. The number of nitrogens with zero attached hydrogens (tertiary/aromatic N) is 1. The fourth-order valence-electron chi connectivity index (χ4n) is 3.81. The standard InChI is InChI=1S/C19H27ClN2O4S/c1-13-4-3-5-18(14(13)2)21-19(23)16-12-15(6-7-17(16)20)27(24,25)22-8-10-26-11-9-22/h6-7,12-14,18H,3-5,8-11H2,1-2H3,(H,21,23). The Morgan fingerprint density at radius 2 is 1.93 bits per heavy atom. The van der Waals surface area contributed by atoms with Gasteiger partial charge < -0.3 is 10.1 Å². The Kier molecular flexibility index (Phi) is 6.46. The quantitative estimate of drug-likeness (QED) is 0.821. The topological polar surface area (TPSA) is 75.7 Å². The van der Waals surface area contributed by atoms with Crippen LogP contribution in [0.3, 0.4) is 0 Å². The van der Waals surface area contributed by atoms with E-state index in [0.717, 1.165) is 12.8 Å². The number of halogens is 1. The summed E-state index contributed by atoms with van der Waals surface area (Å²) in [7, 11) is -3.67. The third-order valence-electron chi connectivity index (χ3n) is 5.81. The molecular formula is C19H27ClN2O4S. The number of rotatable bonds is 4. The van der Waals surface area contributed by atoms with Crippen molar-refractivity contribution in [3.8, 4) is 0 Å². The van der Waals surface area contributed by atoms with Gasteiger partial charge in [0.15, 0.2) is 0 Å². The lowest BCUT2D eigenvalue weighted by Crippen LogP contribution is -2.44. The average molecular weight is 415 g/mol. The van der Waals surface area contributed by atoms with Gasteiger partial charge in [-0.15, -0.1) is 0 Å². The minimum Gasteiger partial charge on any atom is -0.379 e. The van der Waals surface area contributed by atoms with Crippen molar-refractivity contribution in [1.29, 1.82) is 0 Å². The van der Waals surface area contributed by atoms with Crippen LogP contribution < -0.4 is 5.32 Å². The van der Waals surface area contributed by atoms with Gasteiger partial charge in [0.2, 0.25) is 10.0 Å². The Bertz CT molecular complexity index is 793. The summed E-state index contributed by atoms with van der Waals surface area (Å²) >= 11 is 6.22. The zero-order valence-electron chi connectivity index (χ0n) is 15.8. The molecule has 1 saturated carbocycles. The number of carbonyl (C=O) groups excluding carboxylic acids is 1. The first kappa shape index (κ1) is 20.6. The molecule has 0 aromatic heterocycles. The van der Waals surface area contributed by atoms with Crippen LogP contribution in [0.4, 0.5) is 0 Å². The molecule has 0 spiro atoms. The highest BCUT2D eigenvalue weighted by Crippen LogP contribution is 2.30. The number of ether oxygens (including phenoxy) is 1. The van der Waals surface area contributed by atoms with E-state index in [1.165, 1.54) is 28.9 Å². The molecule has 1 amide bonds. The summed E-state index contributed by atoms with van der Waals surface area (Å²) in [6, 6.07) is 4.41. The van der Waals surface area contributed by atoms with Crippen molar-refractivity contribution >= 4 is 27.5 Å². The maximum absolute atomic E-state index is 12.9. The molecule has 1 N–H and O–H groups in total. The monoisotopic (exact) mass is 414 g/mol. The summed E-state index contributed by atoms with van der Waals surface area (Å²) in [5.74, 6) is 0.610. The molecule has 150 valence electrons. The van der Waals surface area contributed by atoms with Gasteiger partial charge in [0.1, 0.15) is 0 Å². The zero-order chi connectivity index (χ0) is 19.6. The van der Waals surface area contributed by atoms with Gasteiger partial charge in [-0.3, -0.25) is 4.79 Å². The minimum absolute atomic E-state index is 0.0804. The maximum atomic E-state index is 12.9. The third-order valence-corrected chi connectivity index (χ3v) is 8.04. The molecule has 1 heterocycles. The third kappa shape index (κ3) is 4.47. The molecular weight excluding hydrogens is 388 g/mol. The van der Waals surface area contributed by atoms with Crippen molar-refractivity contribution < 1.29 is 17.9 Å². The number of nitrogens with one attached hydrogen (secondary N) is 1. The second kappa shape index (κ2) is 8.47. The van der Waals surface area contributed by atoms with E-state index in [0.29, 0.717) is 38.1 Å². The number of hydrogen-bond donors (Lipinski definition) is 1. The predicted octanol–water partition coefficient (Wildman–Crippen LogP) is 2.92. The van der Waals surface area contributed by atoms with E-state index < -0.39 is 10.0 Å². The van der Waals surface area contributed by atoms with Gasteiger partial charge in [0, 0.05) is 19.1 Å². The normalized spacial score (nSPS) is 27.3. The second-order valence-electron chi connectivity index (χ2n) is 7.51. The van der Waals surface area contributed by atoms with E-state index in [1.807, 2.05) is 0 Å². The predicted molar refractivity (Wildman–Crippen MR) is 104 cm³/mol. The van der Waals surface area contributed by atoms with Crippen molar-refractivity contribution in [2.24, 2.45) is 11.8 Å². The Balaban J connectivity index is 1.81. The summed E-state index contributed by atoms with van der Waals surface area (Å²) in [4.78, 5) is 12.9. The van der Waals surface area contributed by atoms with Gasteiger partial charge in [-0.2, -0.15) is 4.31 Å². The summed E-state index contributed by atoms with van der Waals surface area (Å²) in [6.45, 7) is 5.71. The smallest absolute Gasteiger partial charge is 0.253 e. The van der Waals surface area contributed by atoms with Crippen LogP contribution in [0.1, 0.15) is 43.5 Å². The highest BCUT2D eigenvalue weighted by atomic mass is 35.5. The lowest BCUT2D eigenvalue weighted by molar-refractivity contribution is 0.0730. The molecule has 1 aromatic carbocycles. The van der Waals surface area contributed by atoms with Crippen LogP contribution in [0.5, 0.6) is 0 Å². The maximum Gasteiger partial charge on any atom is 0.253 e. The molecule has 3 rings (SSSR count). The molecule has 1 aromatic rings. The average Bonchev–Trinajstić information content (AvgIpc) is 2.66. The van der Waals surface area contributed by atoms with Crippen LogP contribution in [0.2, 0.25) is 5.02 Å². The van der Waals surface area contributed by atoms with E-state index in [9.17, 15) is 13.2 Å². The van der Waals surface area contributed by atoms with Gasteiger partial charge >= 0.3 is 0 Å². The van der Waals surface area contributed by atoms with Crippen molar-refractivity contribution in [1.82, 2.24) is 9.62 Å². The summed E-state index contributed by atoms with van der Waals surface area (Å²) < 4.78 is 32.3. The summed E-state index contributed by atoms with van der Waals surface area (Å²) in [5, 5.41) is 3.32. The Morgan fingerprint density at radius 3 is 2.63 bits per heavy atom. The number of carbonyl (C=O) groups is 1. The first-order valence-electron chi connectivity index (χ1n) is 9.49. The fourth-order valence-corrected chi connectivity index (χ4v) is 5.44. The minimum atomic E-state index is -3.67. The van der Waals surface area contributed by atoms with Crippen molar-refractivity contribution in [3.63, 3.8) is 0 Å². The van der Waals surface area contributed by atoms with E-state index in [-0.39, 0.29) is 27.4 Å². The van der Waals surface area contributed by atoms with E-state index in [4.69, 9.17) is 16.3 Å². The second-order valence-corrected chi connectivity index (χ2v) is 9.85. The van der Waals surface area contributed by atoms with Crippen LogP contribution in [-0.4, -0.2) is 51.0 Å². The SMILES string of the molecule is CC1CCCC(NC(=O)c2cc(S(=O)(=O)N3CCOCC3)ccc2Cl)C1C. The first-order valence-corrected chi connectivity index (χ1v) is 11.3. The zero-order valence-corrected chi connectivity index (χ0v) is 17.4. The molecule has 1 aliphatic heterocycles. The molecule has 3 unspecified atom stereocenters. The number of amides is 1. The van der Waals surface area contributed by atoms with Gasteiger partial charge in [-0.1, -0.05) is 38.3 Å². The highest BCUT2D eigenvalue weighted by Gasteiger charge is 2.30. The first-order chi connectivity index (χ1) is 12.8. The molecule has 2 fully saturated rings. The van der Waals surface area contributed by atoms with Crippen molar-refractivity contribution in [3.05, 3.63) is 28.8 Å². The van der Waals surface area contributed by atoms with Gasteiger partial charge in [0.25, 0.3) is 5.91 Å². The van der Waals surface area contributed by atoms with Crippen LogP contribution in [0, 0.1) is 11.8 Å². The summed E-state index contributed by atoms with van der Waals surface area (Å²) in [5.41, 5.74) is 0.205. The van der Waals surface area contributed by atoms with Crippen molar-refractivity contribution in [2.45, 2.75) is 44.0 Å².